The summed E-state index contributed by atoms with van der Waals surface area (Å²) in [6.45, 7) is 0. The van der Waals surface area contributed by atoms with E-state index in [2.05, 4.69) is 181 Å². The van der Waals surface area contributed by atoms with Crippen LogP contribution in [0.25, 0.3) is 87.7 Å². The number of hydrogen-bond donors (Lipinski definition) is 0. The van der Waals surface area contributed by atoms with Gasteiger partial charge in [0.1, 0.15) is 22.3 Å². The van der Waals surface area contributed by atoms with Crippen LogP contribution in [0.1, 0.15) is 0 Å². The molecule has 0 saturated carbocycles. The Labute approximate surface area is 305 Å². The van der Waals surface area contributed by atoms with Crippen molar-refractivity contribution in [2.45, 2.75) is 0 Å². The zero-order chi connectivity index (χ0) is 34.9. The summed E-state index contributed by atoms with van der Waals surface area (Å²) in [6, 6.07) is 66.8. The minimum absolute atomic E-state index is 0.859. The molecule has 0 atom stereocenters. The van der Waals surface area contributed by atoms with Crippen LogP contribution in [0.15, 0.2) is 197 Å². The lowest BCUT2D eigenvalue weighted by molar-refractivity contribution is 0.668. The van der Waals surface area contributed by atoms with Gasteiger partial charge in [-0.2, -0.15) is 0 Å². The van der Waals surface area contributed by atoms with Gasteiger partial charge in [0, 0.05) is 38.3 Å². The molecular weight excluding hydrogens is 647 g/mol. The second kappa shape index (κ2) is 11.7. The molecule has 0 bridgehead atoms. The first kappa shape index (κ1) is 29.6. The average molecular weight is 678 g/mol. The first-order valence-electron chi connectivity index (χ1n) is 18.0. The van der Waals surface area contributed by atoms with Crippen molar-refractivity contribution in [2.75, 3.05) is 4.90 Å². The van der Waals surface area contributed by atoms with Gasteiger partial charge in [-0.25, -0.2) is 0 Å². The average Bonchev–Trinajstić information content (AvgIpc) is 3.78. The Morgan fingerprint density at radius 3 is 1.77 bits per heavy atom. The number of para-hydroxylation sites is 2. The molecule has 11 aromatic rings. The highest BCUT2D eigenvalue weighted by molar-refractivity contribution is 6.17. The van der Waals surface area contributed by atoms with Gasteiger partial charge >= 0.3 is 0 Å². The molecule has 0 fully saturated rings. The molecule has 3 heteroatoms. The van der Waals surface area contributed by atoms with Crippen molar-refractivity contribution in [3.8, 4) is 22.3 Å². The van der Waals surface area contributed by atoms with Crippen LogP contribution in [-0.2, 0) is 0 Å². The van der Waals surface area contributed by atoms with Crippen LogP contribution in [0, 0.1) is 0 Å². The molecule has 11 rings (SSSR count). The number of anilines is 3. The standard InChI is InChI=1S/C50H31NO2/c1-2-15-38(16-3-1)51(45-19-10-14-32-11-6-7-17-40(32)45)39-24-21-33(22-25-39)43-28-37(36-23-26-42-41-18-8-9-20-46(41)52-47(42)30-36)31-49-50(43)44-27-34-12-4-5-13-35(34)29-48(44)53-49/h1-31H. The fraction of sp³-hybridized carbons (Fsp3) is 0. The Balaban J connectivity index is 1.11. The lowest BCUT2D eigenvalue weighted by Gasteiger charge is -2.27. The maximum Gasteiger partial charge on any atom is 0.136 e. The third-order valence-corrected chi connectivity index (χ3v) is 10.6. The Hall–Kier alpha value is -7.10. The van der Waals surface area contributed by atoms with Crippen molar-refractivity contribution in [3.63, 3.8) is 0 Å². The predicted molar refractivity (Wildman–Crippen MR) is 222 cm³/mol. The van der Waals surface area contributed by atoms with E-state index in [1.165, 1.54) is 16.2 Å². The molecule has 248 valence electrons. The number of rotatable bonds is 5. The van der Waals surface area contributed by atoms with Crippen molar-refractivity contribution in [1.82, 2.24) is 0 Å². The van der Waals surface area contributed by atoms with Gasteiger partial charge in [-0.15, -0.1) is 0 Å². The smallest absolute Gasteiger partial charge is 0.136 e. The van der Waals surface area contributed by atoms with Gasteiger partial charge in [0.05, 0.1) is 5.69 Å². The number of hydrogen-bond acceptors (Lipinski definition) is 3. The fourth-order valence-electron chi connectivity index (χ4n) is 8.09. The largest absolute Gasteiger partial charge is 0.456 e. The van der Waals surface area contributed by atoms with Gasteiger partial charge in [0.15, 0.2) is 0 Å². The van der Waals surface area contributed by atoms with Crippen LogP contribution in [0.2, 0.25) is 0 Å². The van der Waals surface area contributed by atoms with Gasteiger partial charge in [-0.3, -0.25) is 0 Å². The molecule has 0 unspecified atom stereocenters. The topological polar surface area (TPSA) is 29.5 Å². The molecule has 0 spiro atoms. The van der Waals surface area contributed by atoms with Gasteiger partial charge in [0.25, 0.3) is 0 Å². The predicted octanol–water partition coefficient (Wildman–Crippen LogP) is 14.6. The van der Waals surface area contributed by atoms with Crippen LogP contribution in [-0.4, -0.2) is 0 Å². The van der Waals surface area contributed by atoms with Gasteiger partial charge in [-0.1, -0.05) is 115 Å². The Bertz CT molecular complexity index is 3160. The first-order chi connectivity index (χ1) is 26.2. The van der Waals surface area contributed by atoms with Crippen LogP contribution < -0.4 is 4.90 Å². The lowest BCUT2D eigenvalue weighted by Crippen LogP contribution is -2.10. The highest BCUT2D eigenvalue weighted by Gasteiger charge is 2.19. The van der Waals surface area contributed by atoms with E-state index in [1.54, 1.807) is 0 Å². The molecule has 0 aliphatic carbocycles. The third kappa shape index (κ3) is 4.82. The number of furan rings is 2. The molecule has 0 N–H and O–H groups in total. The number of nitrogens with zero attached hydrogens (tertiary/aromatic N) is 1. The highest BCUT2D eigenvalue weighted by Crippen LogP contribution is 2.44. The number of fused-ring (bicyclic) bond motifs is 8. The van der Waals surface area contributed by atoms with E-state index >= 15 is 0 Å². The molecule has 3 nitrogen and oxygen atoms in total. The summed E-state index contributed by atoms with van der Waals surface area (Å²) >= 11 is 0. The molecule has 2 aromatic heterocycles. The molecule has 0 saturated heterocycles. The Morgan fingerprint density at radius 1 is 0.321 bits per heavy atom. The van der Waals surface area contributed by atoms with E-state index in [9.17, 15) is 0 Å². The normalized spacial score (nSPS) is 11.8. The van der Waals surface area contributed by atoms with Crippen molar-refractivity contribution in [3.05, 3.63) is 188 Å². The molecule has 0 amide bonds. The van der Waals surface area contributed by atoms with Crippen LogP contribution in [0.3, 0.4) is 0 Å². The Kier molecular flexibility index (Phi) is 6.55. The van der Waals surface area contributed by atoms with Crippen LogP contribution in [0.5, 0.6) is 0 Å². The van der Waals surface area contributed by atoms with E-state index in [0.29, 0.717) is 0 Å². The quantitative estimate of drug-likeness (QED) is 0.182. The molecular formula is C50H31NO2. The molecule has 9 aromatic carbocycles. The van der Waals surface area contributed by atoms with E-state index in [0.717, 1.165) is 88.6 Å². The van der Waals surface area contributed by atoms with Crippen molar-refractivity contribution in [1.29, 1.82) is 0 Å². The third-order valence-electron chi connectivity index (χ3n) is 10.6. The van der Waals surface area contributed by atoms with E-state index in [1.807, 2.05) is 12.1 Å². The maximum absolute atomic E-state index is 6.71. The van der Waals surface area contributed by atoms with E-state index in [4.69, 9.17) is 8.83 Å². The second-order valence-corrected chi connectivity index (χ2v) is 13.7. The molecule has 2 heterocycles. The van der Waals surface area contributed by atoms with Gasteiger partial charge in [-0.05, 0) is 111 Å². The SMILES string of the molecule is c1ccc(N(c2ccc(-c3cc(-c4ccc5c(c4)oc4ccccc45)cc4oc5cc6ccccc6cc5c34)cc2)c2cccc3ccccc23)cc1. The van der Waals surface area contributed by atoms with E-state index < -0.39 is 0 Å². The van der Waals surface area contributed by atoms with Crippen LogP contribution in [0.4, 0.5) is 17.1 Å². The van der Waals surface area contributed by atoms with Crippen LogP contribution >= 0.6 is 0 Å². The second-order valence-electron chi connectivity index (χ2n) is 13.7. The summed E-state index contributed by atoms with van der Waals surface area (Å²) in [7, 11) is 0. The van der Waals surface area contributed by atoms with Gasteiger partial charge in [0.2, 0.25) is 0 Å². The molecule has 0 aliphatic rings. The van der Waals surface area contributed by atoms with Crippen molar-refractivity contribution < 1.29 is 8.83 Å². The summed E-state index contributed by atoms with van der Waals surface area (Å²) in [6.07, 6.45) is 0. The number of benzene rings is 9. The zero-order valence-corrected chi connectivity index (χ0v) is 28.7. The van der Waals surface area contributed by atoms with Crippen molar-refractivity contribution in [2.24, 2.45) is 0 Å². The summed E-state index contributed by atoms with van der Waals surface area (Å²) in [5, 5.41) is 9.23. The summed E-state index contributed by atoms with van der Waals surface area (Å²) in [5.74, 6) is 0. The van der Waals surface area contributed by atoms with E-state index in [-0.39, 0.29) is 0 Å². The fourth-order valence-corrected chi connectivity index (χ4v) is 8.09. The molecule has 53 heavy (non-hydrogen) atoms. The zero-order valence-electron chi connectivity index (χ0n) is 28.7. The maximum atomic E-state index is 6.71. The van der Waals surface area contributed by atoms with Crippen molar-refractivity contribution >= 4 is 82.5 Å². The summed E-state index contributed by atoms with van der Waals surface area (Å²) in [4.78, 5) is 2.35. The van der Waals surface area contributed by atoms with Gasteiger partial charge < -0.3 is 13.7 Å². The first-order valence-corrected chi connectivity index (χ1v) is 18.0. The minimum atomic E-state index is 0.859. The molecule has 0 aliphatic heterocycles. The monoisotopic (exact) mass is 677 g/mol. The molecule has 0 radical (unpaired) electrons. The lowest BCUT2D eigenvalue weighted by atomic mass is 9.93. The minimum Gasteiger partial charge on any atom is -0.456 e. The summed E-state index contributed by atoms with van der Waals surface area (Å²) < 4.78 is 13.0. The summed E-state index contributed by atoms with van der Waals surface area (Å²) in [5.41, 5.74) is 11.2. The Morgan fingerprint density at radius 2 is 0.925 bits per heavy atom. The highest BCUT2D eigenvalue weighted by atomic mass is 16.3.